The van der Waals surface area contributed by atoms with Crippen molar-refractivity contribution in [3.63, 3.8) is 0 Å². The fourth-order valence-corrected chi connectivity index (χ4v) is 2.54. The number of unbranched alkanes of at least 4 members (excludes halogenated alkanes) is 8. The molecule has 0 aromatic heterocycles. The van der Waals surface area contributed by atoms with E-state index in [-0.39, 0.29) is 11.3 Å². The highest BCUT2D eigenvalue weighted by Gasteiger charge is 2.03. The molecular formula is C14H26O5S. The lowest BCUT2D eigenvalue weighted by molar-refractivity contribution is -0.132. The zero-order valence-electron chi connectivity index (χ0n) is 12.0. The van der Waals surface area contributed by atoms with Gasteiger partial charge in [0.25, 0.3) is 10.1 Å². The molecule has 0 unspecified atom stereocenters. The lowest BCUT2D eigenvalue weighted by Gasteiger charge is -2.02. The Balaban J connectivity index is 3.21. The number of rotatable bonds is 13. The van der Waals surface area contributed by atoms with E-state index in [1.54, 1.807) is 0 Å². The van der Waals surface area contributed by atoms with Crippen molar-refractivity contribution < 1.29 is 22.9 Å². The van der Waals surface area contributed by atoms with Gasteiger partial charge in [0, 0.05) is 5.57 Å². The van der Waals surface area contributed by atoms with Crippen LogP contribution < -0.4 is 0 Å². The number of carbonyl (C=O) groups is 1. The first-order valence-corrected chi connectivity index (χ1v) is 8.80. The highest BCUT2D eigenvalue weighted by atomic mass is 32.2. The van der Waals surface area contributed by atoms with Crippen LogP contribution in [0.5, 0.6) is 0 Å². The van der Waals surface area contributed by atoms with Gasteiger partial charge in [0.1, 0.15) is 0 Å². The van der Waals surface area contributed by atoms with E-state index in [9.17, 15) is 13.2 Å². The van der Waals surface area contributed by atoms with Crippen molar-refractivity contribution in [3.8, 4) is 0 Å². The maximum Gasteiger partial charge on any atom is 0.330 e. The Kier molecular flexibility index (Phi) is 10.4. The second-order valence-electron chi connectivity index (χ2n) is 5.13. The molecule has 118 valence electrons. The van der Waals surface area contributed by atoms with E-state index in [2.05, 4.69) is 6.58 Å². The largest absolute Gasteiger partial charge is 0.478 e. The molecule has 0 saturated heterocycles. The predicted molar refractivity (Wildman–Crippen MR) is 79.4 cm³/mol. The quantitative estimate of drug-likeness (QED) is 0.309. The number of carboxylic acid groups (broad SMARTS) is 1. The van der Waals surface area contributed by atoms with Gasteiger partial charge in [0.05, 0.1) is 5.75 Å². The zero-order chi connectivity index (χ0) is 15.4. The van der Waals surface area contributed by atoms with Crippen molar-refractivity contribution in [2.24, 2.45) is 0 Å². The smallest absolute Gasteiger partial charge is 0.330 e. The van der Waals surface area contributed by atoms with Gasteiger partial charge in [-0.25, -0.2) is 4.79 Å². The SMILES string of the molecule is C=C(CCCCCCCCCCCS(=O)(=O)O)C(=O)O. The number of hydrogen-bond donors (Lipinski definition) is 2. The number of carboxylic acids is 1. The van der Waals surface area contributed by atoms with Gasteiger partial charge in [-0.3, -0.25) is 4.55 Å². The average molecular weight is 306 g/mol. The fourth-order valence-electron chi connectivity index (χ4n) is 1.97. The van der Waals surface area contributed by atoms with E-state index < -0.39 is 16.1 Å². The minimum Gasteiger partial charge on any atom is -0.478 e. The molecule has 0 aromatic carbocycles. The molecule has 5 nitrogen and oxygen atoms in total. The molecule has 0 spiro atoms. The minimum absolute atomic E-state index is 0.138. The third-order valence-electron chi connectivity index (χ3n) is 3.18. The van der Waals surface area contributed by atoms with Gasteiger partial charge in [-0.05, 0) is 19.3 Å². The molecule has 0 fully saturated rings. The third-order valence-corrected chi connectivity index (χ3v) is 3.99. The molecule has 0 aliphatic carbocycles. The molecular weight excluding hydrogens is 280 g/mol. The van der Waals surface area contributed by atoms with Crippen molar-refractivity contribution in [2.75, 3.05) is 5.75 Å². The first-order chi connectivity index (χ1) is 9.33. The second-order valence-corrected chi connectivity index (χ2v) is 6.70. The van der Waals surface area contributed by atoms with Crippen LogP contribution in [-0.4, -0.2) is 29.8 Å². The molecule has 0 rings (SSSR count). The molecule has 0 saturated carbocycles. The highest BCUT2D eigenvalue weighted by molar-refractivity contribution is 7.85. The number of hydrogen-bond acceptors (Lipinski definition) is 3. The first kappa shape index (κ1) is 19.1. The average Bonchev–Trinajstić information content (AvgIpc) is 2.34. The summed E-state index contributed by atoms with van der Waals surface area (Å²) in [5.74, 6) is -1.05. The minimum atomic E-state index is -3.79. The Labute approximate surface area is 121 Å². The molecule has 0 radical (unpaired) electrons. The van der Waals surface area contributed by atoms with Crippen LogP contribution in [0.2, 0.25) is 0 Å². The first-order valence-electron chi connectivity index (χ1n) is 7.19. The van der Waals surface area contributed by atoms with Crippen LogP contribution in [0, 0.1) is 0 Å². The van der Waals surface area contributed by atoms with Gasteiger partial charge in [-0.1, -0.05) is 51.5 Å². The Hall–Kier alpha value is -0.880. The van der Waals surface area contributed by atoms with E-state index >= 15 is 0 Å². The van der Waals surface area contributed by atoms with Gasteiger partial charge in [-0.2, -0.15) is 8.42 Å². The van der Waals surface area contributed by atoms with Crippen LogP contribution in [0.3, 0.4) is 0 Å². The highest BCUT2D eigenvalue weighted by Crippen LogP contribution is 2.12. The Morgan fingerprint density at radius 1 is 0.850 bits per heavy atom. The van der Waals surface area contributed by atoms with Gasteiger partial charge >= 0.3 is 5.97 Å². The maximum atomic E-state index is 10.5. The van der Waals surface area contributed by atoms with Crippen LogP contribution in [0.1, 0.15) is 64.2 Å². The van der Waals surface area contributed by atoms with Crippen molar-refractivity contribution >= 4 is 16.1 Å². The standard InChI is InChI=1S/C14H26O5S/c1-13(14(15)16)11-9-7-5-3-2-4-6-8-10-12-20(17,18)19/h1-12H2,(H,15,16)(H,17,18,19). The lowest BCUT2D eigenvalue weighted by Crippen LogP contribution is -2.03. The summed E-state index contributed by atoms with van der Waals surface area (Å²) < 4.78 is 29.5. The van der Waals surface area contributed by atoms with E-state index in [4.69, 9.17) is 9.66 Å². The summed E-state index contributed by atoms with van der Waals surface area (Å²) in [6, 6.07) is 0. The van der Waals surface area contributed by atoms with Crippen molar-refractivity contribution in [1.29, 1.82) is 0 Å². The van der Waals surface area contributed by atoms with Crippen molar-refractivity contribution in [3.05, 3.63) is 12.2 Å². The normalized spacial score (nSPS) is 11.4. The fraction of sp³-hybridized carbons (Fsp3) is 0.786. The van der Waals surface area contributed by atoms with Crippen molar-refractivity contribution in [2.45, 2.75) is 64.2 Å². The van der Waals surface area contributed by atoms with Crippen LogP contribution >= 0.6 is 0 Å². The molecule has 20 heavy (non-hydrogen) atoms. The molecule has 0 aliphatic rings. The Bertz CT molecular complexity index is 386. The summed E-state index contributed by atoms with van der Waals surface area (Å²) >= 11 is 0. The van der Waals surface area contributed by atoms with Gasteiger partial charge < -0.3 is 5.11 Å². The van der Waals surface area contributed by atoms with E-state index in [0.29, 0.717) is 12.8 Å². The van der Waals surface area contributed by atoms with E-state index in [0.717, 1.165) is 51.4 Å². The predicted octanol–water partition coefficient (Wildman–Crippen LogP) is 3.42. The Morgan fingerprint density at radius 2 is 1.25 bits per heavy atom. The summed E-state index contributed by atoms with van der Waals surface area (Å²) in [5.41, 5.74) is 0.281. The van der Waals surface area contributed by atoms with E-state index in [1.807, 2.05) is 0 Å². The van der Waals surface area contributed by atoms with Crippen molar-refractivity contribution in [1.82, 2.24) is 0 Å². The van der Waals surface area contributed by atoms with E-state index in [1.165, 1.54) is 0 Å². The molecule has 6 heteroatoms. The topological polar surface area (TPSA) is 91.7 Å². The molecule has 0 aliphatic heterocycles. The monoisotopic (exact) mass is 306 g/mol. The zero-order valence-corrected chi connectivity index (χ0v) is 12.8. The third kappa shape index (κ3) is 13.5. The summed E-state index contributed by atoms with van der Waals surface area (Å²) in [7, 11) is -3.79. The molecule has 0 aromatic rings. The Morgan fingerprint density at radius 3 is 1.65 bits per heavy atom. The molecule has 0 atom stereocenters. The lowest BCUT2D eigenvalue weighted by atomic mass is 10.0. The van der Waals surface area contributed by atoms with Gasteiger partial charge in [-0.15, -0.1) is 0 Å². The van der Waals surface area contributed by atoms with Crippen LogP contribution in [-0.2, 0) is 14.9 Å². The molecule has 2 N–H and O–H groups in total. The summed E-state index contributed by atoms with van der Waals surface area (Å²) in [4.78, 5) is 10.5. The van der Waals surface area contributed by atoms with Crippen LogP contribution in [0.25, 0.3) is 0 Å². The molecule has 0 bridgehead atoms. The maximum absolute atomic E-state index is 10.5. The summed E-state index contributed by atoms with van der Waals surface area (Å²) in [6.07, 6.45) is 9.22. The molecule has 0 heterocycles. The second kappa shape index (κ2) is 10.9. The summed E-state index contributed by atoms with van der Waals surface area (Å²) in [5, 5.41) is 8.62. The van der Waals surface area contributed by atoms with Crippen LogP contribution in [0.4, 0.5) is 0 Å². The number of aliphatic carboxylic acids is 1. The van der Waals surface area contributed by atoms with Crippen LogP contribution in [0.15, 0.2) is 12.2 Å². The van der Waals surface area contributed by atoms with Gasteiger partial charge in [0.2, 0.25) is 0 Å². The molecule has 0 amide bonds. The van der Waals surface area contributed by atoms with Gasteiger partial charge in [0.15, 0.2) is 0 Å². The summed E-state index contributed by atoms with van der Waals surface area (Å²) in [6.45, 7) is 3.49.